The van der Waals surface area contributed by atoms with E-state index in [0.29, 0.717) is 62.0 Å². The van der Waals surface area contributed by atoms with Gasteiger partial charge in [0.1, 0.15) is 5.75 Å². The number of carbonyl (C=O) groups is 2. The van der Waals surface area contributed by atoms with E-state index in [1.807, 2.05) is 11.0 Å². The number of amides is 2. The normalized spacial score (nSPS) is 16.9. The molecule has 0 aliphatic carbocycles. The highest BCUT2D eigenvalue weighted by atomic mass is 16.5. The van der Waals surface area contributed by atoms with Gasteiger partial charge < -0.3 is 25.2 Å². The maximum Gasteiger partial charge on any atom is 0.238 e. The zero-order valence-corrected chi connectivity index (χ0v) is 17.3. The summed E-state index contributed by atoms with van der Waals surface area (Å²) < 4.78 is 11.3. The molecule has 2 aliphatic rings. The SMILES string of the molecule is O=C(CN1CCC(C(=O)Nc2ccccc2O)CC1)Nc1ccc2c(c1)OCCCO2. The second-order valence-electron chi connectivity index (χ2n) is 7.82. The van der Waals surface area contributed by atoms with E-state index < -0.39 is 0 Å². The van der Waals surface area contributed by atoms with Crippen LogP contribution in [-0.4, -0.2) is 54.7 Å². The standard InChI is InChI=1S/C23H27N3O5/c27-19-5-2-1-4-18(19)25-23(29)16-8-10-26(11-9-16)15-22(28)24-17-6-7-20-21(14-17)31-13-3-12-30-20/h1-2,4-7,14,16,27H,3,8-13,15H2,(H,24,28)(H,25,29). The van der Waals surface area contributed by atoms with Crippen LogP contribution in [-0.2, 0) is 9.59 Å². The number of fused-ring (bicyclic) bond motifs is 1. The van der Waals surface area contributed by atoms with Crippen molar-refractivity contribution in [3.05, 3.63) is 42.5 Å². The van der Waals surface area contributed by atoms with E-state index >= 15 is 0 Å². The number of phenols is 1. The highest BCUT2D eigenvalue weighted by Gasteiger charge is 2.26. The Hall–Kier alpha value is -3.26. The van der Waals surface area contributed by atoms with E-state index in [4.69, 9.17) is 9.47 Å². The van der Waals surface area contributed by atoms with Crippen molar-refractivity contribution in [2.75, 3.05) is 43.5 Å². The van der Waals surface area contributed by atoms with Crippen molar-refractivity contribution in [2.45, 2.75) is 19.3 Å². The maximum absolute atomic E-state index is 12.5. The predicted octanol–water partition coefficient (Wildman–Crippen LogP) is 2.84. The van der Waals surface area contributed by atoms with Gasteiger partial charge in [0.15, 0.2) is 11.5 Å². The molecule has 8 nitrogen and oxygen atoms in total. The van der Waals surface area contributed by atoms with Crippen molar-refractivity contribution in [1.29, 1.82) is 0 Å². The summed E-state index contributed by atoms with van der Waals surface area (Å²) in [5.74, 6) is 1.05. The minimum absolute atomic E-state index is 0.0553. The molecule has 31 heavy (non-hydrogen) atoms. The number of hydrogen-bond donors (Lipinski definition) is 3. The molecule has 2 aromatic rings. The summed E-state index contributed by atoms with van der Waals surface area (Å²) in [5.41, 5.74) is 1.09. The number of anilines is 2. The van der Waals surface area contributed by atoms with Gasteiger partial charge in [0.25, 0.3) is 0 Å². The van der Waals surface area contributed by atoms with Gasteiger partial charge in [0.2, 0.25) is 11.8 Å². The smallest absolute Gasteiger partial charge is 0.238 e. The zero-order valence-electron chi connectivity index (χ0n) is 17.3. The Kier molecular flexibility index (Phi) is 6.57. The van der Waals surface area contributed by atoms with Crippen LogP contribution in [0, 0.1) is 5.92 Å². The first-order chi connectivity index (χ1) is 15.1. The molecular formula is C23H27N3O5. The lowest BCUT2D eigenvalue weighted by Gasteiger charge is -2.30. The molecule has 1 fully saturated rings. The Labute approximate surface area is 181 Å². The highest BCUT2D eigenvalue weighted by molar-refractivity contribution is 5.94. The lowest BCUT2D eigenvalue weighted by Crippen LogP contribution is -2.41. The summed E-state index contributed by atoms with van der Waals surface area (Å²) in [7, 11) is 0. The average Bonchev–Trinajstić information content (AvgIpc) is 3.01. The van der Waals surface area contributed by atoms with Gasteiger partial charge in [-0.25, -0.2) is 0 Å². The van der Waals surface area contributed by atoms with Crippen molar-refractivity contribution in [2.24, 2.45) is 5.92 Å². The molecule has 4 rings (SSSR count). The van der Waals surface area contributed by atoms with Crippen LogP contribution in [0.15, 0.2) is 42.5 Å². The van der Waals surface area contributed by atoms with Gasteiger partial charge in [-0.15, -0.1) is 0 Å². The second-order valence-corrected chi connectivity index (χ2v) is 7.82. The Bertz CT molecular complexity index is 941. The Balaban J connectivity index is 1.24. The molecule has 2 aromatic carbocycles. The van der Waals surface area contributed by atoms with E-state index in [0.717, 1.165) is 6.42 Å². The molecule has 0 radical (unpaired) electrons. The van der Waals surface area contributed by atoms with Gasteiger partial charge in [0, 0.05) is 24.1 Å². The molecule has 3 N–H and O–H groups in total. The minimum atomic E-state index is -0.138. The van der Waals surface area contributed by atoms with Gasteiger partial charge in [-0.1, -0.05) is 12.1 Å². The molecule has 164 valence electrons. The summed E-state index contributed by atoms with van der Waals surface area (Å²) in [6, 6.07) is 12.1. The maximum atomic E-state index is 12.5. The van der Waals surface area contributed by atoms with Gasteiger partial charge in [-0.05, 0) is 50.2 Å². The first-order valence-electron chi connectivity index (χ1n) is 10.6. The van der Waals surface area contributed by atoms with E-state index in [1.165, 1.54) is 0 Å². The van der Waals surface area contributed by atoms with Crippen molar-refractivity contribution in [3.8, 4) is 17.2 Å². The van der Waals surface area contributed by atoms with Crippen molar-refractivity contribution in [3.63, 3.8) is 0 Å². The van der Waals surface area contributed by atoms with Crippen LogP contribution >= 0.6 is 0 Å². The number of nitrogens with one attached hydrogen (secondary N) is 2. The number of benzene rings is 2. The van der Waals surface area contributed by atoms with E-state index in [9.17, 15) is 14.7 Å². The number of nitrogens with zero attached hydrogens (tertiary/aromatic N) is 1. The largest absolute Gasteiger partial charge is 0.506 e. The first-order valence-corrected chi connectivity index (χ1v) is 10.6. The van der Waals surface area contributed by atoms with Gasteiger partial charge in [-0.2, -0.15) is 0 Å². The number of phenolic OH excluding ortho intramolecular Hbond substituents is 1. The molecule has 0 aromatic heterocycles. The molecular weight excluding hydrogens is 398 g/mol. The molecule has 0 unspecified atom stereocenters. The third-order valence-corrected chi connectivity index (χ3v) is 5.52. The Morgan fingerprint density at radius 1 is 1.00 bits per heavy atom. The number of hydrogen-bond acceptors (Lipinski definition) is 6. The van der Waals surface area contributed by atoms with Crippen LogP contribution in [0.1, 0.15) is 19.3 Å². The number of likely N-dealkylation sites (tertiary alicyclic amines) is 1. The fourth-order valence-corrected chi connectivity index (χ4v) is 3.81. The number of para-hydroxylation sites is 2. The molecule has 0 saturated carbocycles. The minimum Gasteiger partial charge on any atom is -0.506 e. The number of ether oxygens (including phenoxy) is 2. The number of piperidine rings is 1. The monoisotopic (exact) mass is 425 g/mol. The Morgan fingerprint density at radius 2 is 1.74 bits per heavy atom. The molecule has 2 amide bonds. The third-order valence-electron chi connectivity index (χ3n) is 5.52. The van der Waals surface area contributed by atoms with Crippen LogP contribution in [0.4, 0.5) is 11.4 Å². The van der Waals surface area contributed by atoms with Gasteiger partial charge >= 0.3 is 0 Å². The van der Waals surface area contributed by atoms with Gasteiger partial charge in [-0.3, -0.25) is 14.5 Å². The summed E-state index contributed by atoms with van der Waals surface area (Å²) in [6.07, 6.45) is 2.16. The molecule has 0 atom stereocenters. The average molecular weight is 425 g/mol. The fourth-order valence-electron chi connectivity index (χ4n) is 3.81. The Morgan fingerprint density at radius 3 is 2.52 bits per heavy atom. The predicted molar refractivity (Wildman–Crippen MR) is 117 cm³/mol. The molecule has 8 heteroatoms. The summed E-state index contributed by atoms with van der Waals surface area (Å²) >= 11 is 0. The van der Waals surface area contributed by atoms with Gasteiger partial charge in [0.05, 0.1) is 25.4 Å². The number of rotatable bonds is 5. The van der Waals surface area contributed by atoms with Crippen LogP contribution in [0.3, 0.4) is 0 Å². The second kappa shape index (κ2) is 9.70. The van der Waals surface area contributed by atoms with Crippen LogP contribution < -0.4 is 20.1 Å². The highest BCUT2D eigenvalue weighted by Crippen LogP contribution is 2.32. The lowest BCUT2D eigenvalue weighted by molar-refractivity contribution is -0.121. The topological polar surface area (TPSA) is 100 Å². The molecule has 2 heterocycles. The number of carbonyl (C=O) groups excluding carboxylic acids is 2. The van der Waals surface area contributed by atoms with Crippen LogP contribution in [0.2, 0.25) is 0 Å². The summed E-state index contributed by atoms with van der Waals surface area (Å²) in [6.45, 7) is 2.80. The van der Waals surface area contributed by atoms with Crippen molar-refractivity contribution in [1.82, 2.24) is 4.90 Å². The van der Waals surface area contributed by atoms with E-state index in [1.54, 1.807) is 36.4 Å². The quantitative estimate of drug-likeness (QED) is 0.637. The van der Waals surface area contributed by atoms with Crippen molar-refractivity contribution < 1.29 is 24.2 Å². The zero-order chi connectivity index (χ0) is 21.6. The van der Waals surface area contributed by atoms with Crippen LogP contribution in [0.5, 0.6) is 17.2 Å². The molecule has 1 saturated heterocycles. The van der Waals surface area contributed by atoms with E-state index in [2.05, 4.69) is 10.6 Å². The molecule has 0 bridgehead atoms. The summed E-state index contributed by atoms with van der Waals surface area (Å²) in [5, 5.41) is 15.5. The fraction of sp³-hybridized carbons (Fsp3) is 0.391. The molecule has 2 aliphatic heterocycles. The lowest BCUT2D eigenvalue weighted by atomic mass is 9.95. The van der Waals surface area contributed by atoms with Crippen molar-refractivity contribution >= 4 is 23.2 Å². The molecule has 0 spiro atoms. The van der Waals surface area contributed by atoms with Crippen LogP contribution in [0.25, 0.3) is 0 Å². The summed E-state index contributed by atoms with van der Waals surface area (Å²) in [4.78, 5) is 27.0. The number of aromatic hydroxyl groups is 1. The van der Waals surface area contributed by atoms with E-state index in [-0.39, 0.29) is 30.0 Å². The first kappa shape index (κ1) is 21.0. The third kappa shape index (κ3) is 5.46.